The number of carbonyl (C=O) groups excluding carboxylic acids is 2. The molecule has 0 heterocycles. The molecule has 27 heavy (non-hydrogen) atoms. The Balaban J connectivity index is 0.00000364. The summed E-state index contributed by atoms with van der Waals surface area (Å²) in [4.78, 5) is 25.0. The molecule has 0 radical (unpaired) electrons. The lowest BCUT2D eigenvalue weighted by Crippen LogP contribution is -2.27. The van der Waals surface area contributed by atoms with E-state index < -0.39 is 0 Å². The van der Waals surface area contributed by atoms with E-state index in [0.29, 0.717) is 42.3 Å². The fourth-order valence-electron chi connectivity index (χ4n) is 2.35. The summed E-state index contributed by atoms with van der Waals surface area (Å²) in [5.41, 5.74) is 6.55. The number of ether oxygens (including phenoxy) is 2. The van der Waals surface area contributed by atoms with E-state index >= 15 is 0 Å². The number of nitrogens with two attached hydrogens (primary N) is 1. The number of nitrogens with one attached hydrogen (secondary N) is 2. The molecule has 4 N–H and O–H groups in total. The van der Waals surface area contributed by atoms with Crippen LogP contribution in [0.1, 0.15) is 27.1 Å². The van der Waals surface area contributed by atoms with Gasteiger partial charge in [0.15, 0.2) is 11.5 Å². The molecule has 0 aliphatic rings. The monoisotopic (exact) mass is 393 g/mol. The highest BCUT2D eigenvalue weighted by molar-refractivity contribution is 6.09. The van der Waals surface area contributed by atoms with Crippen LogP contribution in [0.2, 0.25) is 0 Å². The van der Waals surface area contributed by atoms with Crippen molar-refractivity contribution in [2.24, 2.45) is 5.73 Å². The predicted octanol–water partition coefficient (Wildman–Crippen LogP) is 2.46. The van der Waals surface area contributed by atoms with Crippen LogP contribution in [0.25, 0.3) is 0 Å². The number of anilines is 1. The Labute approximate surface area is 164 Å². The van der Waals surface area contributed by atoms with Gasteiger partial charge >= 0.3 is 0 Å². The first kappa shape index (κ1) is 22.3. The third-order valence-corrected chi connectivity index (χ3v) is 3.72. The van der Waals surface area contributed by atoms with Gasteiger partial charge in [-0.05, 0) is 31.2 Å². The van der Waals surface area contributed by atoms with Crippen molar-refractivity contribution in [2.75, 3.05) is 32.6 Å². The molecule has 7 nitrogen and oxygen atoms in total. The second-order valence-electron chi connectivity index (χ2n) is 5.47. The van der Waals surface area contributed by atoms with Crippen molar-refractivity contribution in [3.63, 3.8) is 0 Å². The molecule has 146 valence electrons. The van der Waals surface area contributed by atoms with Crippen molar-refractivity contribution in [1.82, 2.24) is 5.32 Å². The van der Waals surface area contributed by atoms with Gasteiger partial charge in [-0.15, -0.1) is 12.4 Å². The highest BCUT2D eigenvalue weighted by atomic mass is 35.5. The van der Waals surface area contributed by atoms with Crippen molar-refractivity contribution in [1.29, 1.82) is 0 Å². The largest absolute Gasteiger partial charge is 0.493 e. The Morgan fingerprint density at radius 2 is 1.63 bits per heavy atom. The number of halogens is 1. The molecule has 0 bridgehead atoms. The maximum absolute atomic E-state index is 12.5. The SMILES string of the molecule is COc1cc(NC(=O)c2ccccc2)c(C(=O)NCCCN)cc1OC.Cl. The fraction of sp³-hybridized carbons (Fsp3) is 0.263. The van der Waals surface area contributed by atoms with Gasteiger partial charge in [0.2, 0.25) is 0 Å². The third kappa shape index (κ3) is 5.87. The quantitative estimate of drug-likeness (QED) is 0.598. The van der Waals surface area contributed by atoms with E-state index in [-0.39, 0.29) is 29.8 Å². The number of hydrogen-bond acceptors (Lipinski definition) is 5. The van der Waals surface area contributed by atoms with Crippen molar-refractivity contribution >= 4 is 29.9 Å². The Morgan fingerprint density at radius 1 is 1.00 bits per heavy atom. The summed E-state index contributed by atoms with van der Waals surface area (Å²) in [5.74, 6) is 0.153. The Hall–Kier alpha value is -2.77. The van der Waals surface area contributed by atoms with E-state index in [1.807, 2.05) is 6.07 Å². The predicted molar refractivity (Wildman–Crippen MR) is 107 cm³/mol. The summed E-state index contributed by atoms with van der Waals surface area (Å²) < 4.78 is 10.5. The average molecular weight is 394 g/mol. The van der Waals surface area contributed by atoms with Crippen LogP contribution in [0.5, 0.6) is 11.5 Å². The van der Waals surface area contributed by atoms with E-state index in [1.165, 1.54) is 20.3 Å². The molecule has 2 rings (SSSR count). The Morgan fingerprint density at radius 3 is 2.22 bits per heavy atom. The first-order chi connectivity index (χ1) is 12.6. The number of methoxy groups -OCH3 is 2. The second kappa shape index (κ2) is 11.1. The lowest BCUT2D eigenvalue weighted by molar-refractivity contribution is 0.0954. The zero-order valence-corrected chi connectivity index (χ0v) is 16.1. The van der Waals surface area contributed by atoms with Gasteiger partial charge in [-0.1, -0.05) is 18.2 Å². The maximum Gasteiger partial charge on any atom is 0.255 e. The summed E-state index contributed by atoms with van der Waals surface area (Å²) in [6, 6.07) is 11.8. The molecule has 2 aromatic carbocycles. The van der Waals surface area contributed by atoms with Gasteiger partial charge in [0.25, 0.3) is 11.8 Å². The van der Waals surface area contributed by atoms with E-state index in [2.05, 4.69) is 10.6 Å². The molecule has 0 aliphatic heterocycles. The van der Waals surface area contributed by atoms with Crippen molar-refractivity contribution in [3.8, 4) is 11.5 Å². The minimum Gasteiger partial charge on any atom is -0.493 e. The standard InChI is InChI=1S/C19H23N3O4.ClH/c1-25-16-11-14(19(24)21-10-6-9-20)15(12-17(16)26-2)22-18(23)13-7-4-3-5-8-13;/h3-5,7-8,11-12H,6,9-10,20H2,1-2H3,(H,21,24)(H,22,23);1H. The van der Waals surface area contributed by atoms with Gasteiger partial charge in [-0.3, -0.25) is 9.59 Å². The van der Waals surface area contributed by atoms with Gasteiger partial charge in [0.1, 0.15) is 0 Å². The van der Waals surface area contributed by atoms with Crippen molar-refractivity contribution < 1.29 is 19.1 Å². The molecule has 2 aromatic rings. The highest BCUT2D eigenvalue weighted by Gasteiger charge is 2.19. The normalized spacial score (nSPS) is 9.74. The van der Waals surface area contributed by atoms with Crippen LogP contribution < -0.4 is 25.8 Å². The lowest BCUT2D eigenvalue weighted by atomic mass is 10.1. The highest BCUT2D eigenvalue weighted by Crippen LogP contribution is 2.33. The van der Waals surface area contributed by atoms with Crippen LogP contribution >= 0.6 is 12.4 Å². The van der Waals surface area contributed by atoms with Gasteiger partial charge in [0, 0.05) is 18.2 Å². The first-order valence-electron chi connectivity index (χ1n) is 8.21. The Kier molecular flexibility index (Phi) is 9.12. The van der Waals surface area contributed by atoms with Crippen molar-refractivity contribution in [3.05, 3.63) is 53.6 Å². The number of rotatable bonds is 8. The van der Waals surface area contributed by atoms with E-state index in [4.69, 9.17) is 15.2 Å². The van der Waals surface area contributed by atoms with Gasteiger partial charge in [-0.2, -0.15) is 0 Å². The maximum atomic E-state index is 12.5. The molecular formula is C19H24ClN3O4. The fourth-order valence-corrected chi connectivity index (χ4v) is 2.35. The summed E-state index contributed by atoms with van der Waals surface area (Å²) in [6.07, 6.45) is 0.657. The van der Waals surface area contributed by atoms with E-state index in [1.54, 1.807) is 30.3 Å². The molecule has 2 amide bonds. The molecule has 0 saturated carbocycles. The lowest BCUT2D eigenvalue weighted by Gasteiger charge is -2.15. The minimum absolute atomic E-state index is 0. The van der Waals surface area contributed by atoms with E-state index in [0.717, 1.165) is 0 Å². The molecule has 0 saturated heterocycles. The molecule has 0 aliphatic carbocycles. The van der Waals surface area contributed by atoms with Crippen LogP contribution in [0.15, 0.2) is 42.5 Å². The van der Waals surface area contributed by atoms with Gasteiger partial charge in [-0.25, -0.2) is 0 Å². The van der Waals surface area contributed by atoms with Crippen LogP contribution in [-0.4, -0.2) is 39.1 Å². The molecule has 0 atom stereocenters. The number of hydrogen-bond donors (Lipinski definition) is 3. The molecule has 0 spiro atoms. The number of benzene rings is 2. The second-order valence-corrected chi connectivity index (χ2v) is 5.47. The summed E-state index contributed by atoms with van der Waals surface area (Å²) in [5, 5.41) is 5.54. The van der Waals surface area contributed by atoms with Gasteiger partial charge < -0.3 is 25.8 Å². The zero-order valence-electron chi connectivity index (χ0n) is 15.3. The molecule has 8 heteroatoms. The van der Waals surface area contributed by atoms with Crippen LogP contribution in [-0.2, 0) is 0 Å². The number of carbonyl (C=O) groups is 2. The van der Waals surface area contributed by atoms with Crippen LogP contribution in [0, 0.1) is 0 Å². The zero-order chi connectivity index (χ0) is 18.9. The average Bonchev–Trinajstić information content (AvgIpc) is 2.68. The van der Waals surface area contributed by atoms with Crippen LogP contribution in [0.4, 0.5) is 5.69 Å². The summed E-state index contributed by atoms with van der Waals surface area (Å²) in [6.45, 7) is 0.916. The minimum atomic E-state index is -0.331. The summed E-state index contributed by atoms with van der Waals surface area (Å²) >= 11 is 0. The topological polar surface area (TPSA) is 103 Å². The molecule has 0 aromatic heterocycles. The third-order valence-electron chi connectivity index (χ3n) is 3.72. The summed E-state index contributed by atoms with van der Waals surface area (Å²) in [7, 11) is 2.97. The van der Waals surface area contributed by atoms with E-state index in [9.17, 15) is 9.59 Å². The molecule has 0 fully saturated rings. The molecular weight excluding hydrogens is 370 g/mol. The van der Waals surface area contributed by atoms with Crippen LogP contribution in [0.3, 0.4) is 0 Å². The van der Waals surface area contributed by atoms with Gasteiger partial charge in [0.05, 0.1) is 25.5 Å². The molecule has 0 unspecified atom stereocenters. The first-order valence-corrected chi connectivity index (χ1v) is 8.21. The smallest absolute Gasteiger partial charge is 0.255 e. The Bertz CT molecular complexity index is 769. The number of amides is 2. The van der Waals surface area contributed by atoms with Crippen molar-refractivity contribution in [2.45, 2.75) is 6.42 Å².